The monoisotopic (exact) mass is 2450 g/mol. The van der Waals surface area contributed by atoms with Crippen LogP contribution in [-0.4, -0.2) is 59.8 Å². The first-order valence-electron chi connectivity index (χ1n) is 42.2. The van der Waals surface area contributed by atoms with Crippen molar-refractivity contribution in [2.45, 2.75) is 40.0 Å². The van der Waals surface area contributed by atoms with Crippen molar-refractivity contribution >= 4 is 88.1 Å². The molecule has 0 amide bonds. The maximum atomic E-state index is 6.20. The van der Waals surface area contributed by atoms with Crippen molar-refractivity contribution in [2.24, 2.45) is 0 Å². The van der Waals surface area contributed by atoms with Crippen LogP contribution in [0.3, 0.4) is 0 Å². The minimum absolute atomic E-state index is 0. The second-order valence-electron chi connectivity index (χ2n) is 29.7. The molecule has 20 heteroatoms. The van der Waals surface area contributed by atoms with Gasteiger partial charge in [0, 0.05) is 166 Å². The molecule has 24 aromatic rings. The third kappa shape index (κ3) is 24.2. The Kier molecular flexibility index (Phi) is 35.1. The van der Waals surface area contributed by atoms with Crippen LogP contribution in [0.5, 0.6) is 0 Å². The molecule has 0 spiro atoms. The normalized spacial score (nSPS) is 10.4. The van der Waals surface area contributed by atoms with Gasteiger partial charge in [-0.3, -0.25) is 15.0 Å². The van der Waals surface area contributed by atoms with Crippen LogP contribution < -0.4 is 0 Å². The number of hydrogen-bond acceptors (Lipinski definition) is 16. The molecule has 16 heterocycles. The molecule has 16 nitrogen and oxygen atoms in total. The predicted molar refractivity (Wildman–Crippen MR) is 517 cm³/mol. The molecule has 0 aliphatic heterocycles. The maximum Gasteiger partial charge on any atom is 0.216 e. The smallest absolute Gasteiger partial charge is 0.216 e. The summed E-state index contributed by atoms with van der Waals surface area (Å²) in [6.45, 7) is 8.42. The van der Waals surface area contributed by atoms with Gasteiger partial charge in [0.1, 0.15) is 16.7 Å². The molecule has 0 N–H and O–H groups in total. The van der Waals surface area contributed by atoms with Gasteiger partial charge in [0.15, 0.2) is 0 Å². The predicted octanol–water partition coefficient (Wildman–Crippen LogP) is 27.6. The summed E-state index contributed by atoms with van der Waals surface area (Å²) in [5.41, 5.74) is 26.8. The van der Waals surface area contributed by atoms with Crippen molar-refractivity contribution in [3.05, 3.63) is 461 Å². The number of aromatic nitrogens is 12. The van der Waals surface area contributed by atoms with Gasteiger partial charge in [-0.25, -0.2) is 4.98 Å². The molecule has 0 unspecified atom stereocenters. The first kappa shape index (κ1) is 96.9. The molecule has 0 bridgehead atoms. The average molecular weight is 2450 g/mol. The van der Waals surface area contributed by atoms with E-state index in [0.717, 1.165) is 185 Å². The zero-order valence-electron chi connectivity index (χ0n) is 72.6. The summed E-state index contributed by atoms with van der Waals surface area (Å²) in [5.74, 6) is 0.312. The fourth-order valence-corrected chi connectivity index (χ4v) is 14.2. The summed E-state index contributed by atoms with van der Waals surface area (Å²) in [6.07, 6.45) is 22.5. The van der Waals surface area contributed by atoms with Gasteiger partial charge in [0.05, 0.1) is 39.1 Å². The number of fused-ring (bicyclic) bond motifs is 12. The Bertz CT molecular complexity index is 7300. The molecule has 0 atom stereocenters. The Balaban J connectivity index is 0.000000131. The van der Waals surface area contributed by atoms with Gasteiger partial charge in [-0.15, -0.1) is 228 Å². The van der Waals surface area contributed by atoms with Crippen molar-refractivity contribution in [3.8, 4) is 90.1 Å². The zero-order chi connectivity index (χ0) is 88.4. The van der Waals surface area contributed by atoms with Gasteiger partial charge < -0.3 is 57.5 Å². The van der Waals surface area contributed by atoms with E-state index >= 15 is 0 Å². The summed E-state index contributed by atoms with van der Waals surface area (Å²) >= 11 is 0. The Morgan fingerprint density at radius 2 is 0.649 bits per heavy atom. The molecule has 4 radical (unpaired) electrons. The van der Waals surface area contributed by atoms with E-state index in [1.54, 1.807) is 55.8 Å². The summed E-state index contributed by atoms with van der Waals surface area (Å²) in [5, 5.41) is 6.24. The van der Waals surface area contributed by atoms with Crippen LogP contribution in [0.2, 0.25) is 0 Å². The molecule has 664 valence electrons. The Hall–Kier alpha value is -14.6. The van der Waals surface area contributed by atoms with Gasteiger partial charge in [0.25, 0.3) is 0 Å². The van der Waals surface area contributed by atoms with Crippen molar-refractivity contribution in [1.29, 1.82) is 0 Å². The molecule has 8 aromatic carbocycles. The number of pyridine rings is 12. The van der Waals surface area contributed by atoms with Gasteiger partial charge in [-0.05, 0) is 166 Å². The van der Waals surface area contributed by atoms with Crippen molar-refractivity contribution < 1.29 is 98.1 Å². The molecule has 0 fully saturated rings. The number of benzene rings is 8. The van der Waals surface area contributed by atoms with Gasteiger partial charge >= 0.3 is 0 Å². The van der Waals surface area contributed by atoms with Gasteiger partial charge in [-0.1, -0.05) is 139 Å². The molecule has 16 aromatic heterocycles. The van der Waals surface area contributed by atoms with E-state index in [9.17, 15) is 0 Å². The summed E-state index contributed by atoms with van der Waals surface area (Å²) in [7, 11) is 0. The quantitative estimate of drug-likeness (QED) is 0.117. The zero-order valence-corrected chi connectivity index (χ0v) is 82.2. The standard InChI is InChI=1S/C19H15N2O.C18H13N2O.2C16H9N2O.C12H10N.3C11H8N.4Ir/c1-12(2)17-19-14(9-11-21-17)13-6-5-7-15(18(13)22-19)16-8-3-4-10-20-16;1-2-12-8-10-19-16(11-12)15-6-3-5-13-14-7-4-9-20-18(14)21-17(13)15;2*1-2-8-17-13(4-1)11-6-7-14-12(10-11)16-15(19-14)5-3-9-18-16;1-10-7-8-12(13-9-10)11-5-3-2-4-6-11;3*1-2-6-10(7-3-1)11-8-4-5-9-12-11;;;;/h3-6,8-12H,1-2H3;3-5,7-11H,2H2,1H3;2*1-5,7-10H;2-5,7-9H,1H3;3*1-6,8-9H;;;;/q8*-1;;;;. The van der Waals surface area contributed by atoms with Crippen molar-refractivity contribution in [2.75, 3.05) is 0 Å². The topological polar surface area (TPSA) is 207 Å². The van der Waals surface area contributed by atoms with E-state index in [2.05, 4.69) is 141 Å². The second kappa shape index (κ2) is 48.5. The average Bonchev–Trinajstić information content (AvgIpc) is 1.62. The maximum absolute atomic E-state index is 6.20. The third-order valence-corrected chi connectivity index (χ3v) is 20.6. The molecule has 0 saturated carbocycles. The molecule has 0 aliphatic carbocycles. The first-order chi connectivity index (χ1) is 64.2. The van der Waals surface area contributed by atoms with Gasteiger partial charge in [-0.2, -0.15) is 0 Å². The molecule has 0 aliphatic rings. The Morgan fingerprint density at radius 1 is 0.261 bits per heavy atom. The van der Waals surface area contributed by atoms with Gasteiger partial charge in [0.2, 0.25) is 5.71 Å². The van der Waals surface area contributed by atoms with E-state index in [4.69, 9.17) is 17.7 Å². The number of nitrogens with zero attached hydrogens (tertiary/aromatic N) is 12. The van der Waals surface area contributed by atoms with Crippen LogP contribution in [0.1, 0.15) is 43.5 Å². The fourth-order valence-electron chi connectivity index (χ4n) is 14.2. The van der Waals surface area contributed by atoms with Crippen LogP contribution in [0.4, 0.5) is 0 Å². The molecule has 134 heavy (non-hydrogen) atoms. The number of aryl methyl sites for hydroxylation is 2. The van der Waals surface area contributed by atoms with Crippen LogP contribution in [-0.2, 0) is 86.8 Å². The SMILES string of the molecule is CC(C)c1nccc2c1oc1c(-c3ccccn3)[c-]ccc12.CCc1ccnc(-c2[c-]ccc3c2oc2ncccc23)c1.Cc1ccc(-c2[c-]cccc2)nc1.[Ir].[Ir].[Ir].[Ir].[c-]1cc2oc3cccnc3c2cc1-c1ccccn1.[c-]1cc2oc3cccnc3c2cc1-c1ccccn1.[c-]1ccccc1-c1ccccn1.[c-]1ccccc1-c1ccccn1.[c-]1ccccc1-c1ccccn1. The van der Waals surface area contributed by atoms with E-state index in [0.29, 0.717) is 11.6 Å². The van der Waals surface area contributed by atoms with Crippen LogP contribution in [0.15, 0.2) is 414 Å². The first-order valence-corrected chi connectivity index (χ1v) is 42.2. The summed E-state index contributed by atoms with van der Waals surface area (Å²) in [6, 6.07) is 129. The Morgan fingerprint density at radius 3 is 1.07 bits per heavy atom. The van der Waals surface area contributed by atoms with Crippen LogP contribution in [0.25, 0.3) is 178 Å². The molecule has 24 rings (SSSR count). The number of rotatable bonds is 10. The van der Waals surface area contributed by atoms with E-state index in [1.165, 1.54) is 11.1 Å². The summed E-state index contributed by atoms with van der Waals surface area (Å²) in [4.78, 5) is 52.1. The van der Waals surface area contributed by atoms with Crippen molar-refractivity contribution in [1.82, 2.24) is 59.8 Å². The summed E-state index contributed by atoms with van der Waals surface area (Å²) < 4.78 is 23.6. The minimum atomic E-state index is 0. The molecular weight excluding hydrogens is 2370 g/mol. The largest absolute Gasteiger partial charge is 0.499 e. The second-order valence-corrected chi connectivity index (χ2v) is 29.7. The minimum Gasteiger partial charge on any atom is -0.499 e. The van der Waals surface area contributed by atoms with E-state index in [-0.39, 0.29) is 80.4 Å². The van der Waals surface area contributed by atoms with E-state index < -0.39 is 0 Å². The molecular formula is C114H80Ir4N12O4-8. The number of hydrogen-bond donors (Lipinski definition) is 0. The van der Waals surface area contributed by atoms with E-state index in [1.807, 2.05) is 335 Å². The third-order valence-electron chi connectivity index (χ3n) is 20.6. The molecule has 0 saturated heterocycles. The van der Waals surface area contributed by atoms with Crippen LogP contribution in [0, 0.1) is 55.5 Å². The Labute approximate surface area is 830 Å². The van der Waals surface area contributed by atoms with Crippen molar-refractivity contribution in [3.63, 3.8) is 0 Å². The number of furan rings is 4. The fraction of sp³-hybridized carbons (Fsp3) is 0.0526. The van der Waals surface area contributed by atoms with Crippen LogP contribution >= 0.6 is 0 Å².